The third-order valence-corrected chi connectivity index (χ3v) is 3.40. The molecule has 0 radical (unpaired) electrons. The van der Waals surface area contributed by atoms with Crippen LogP contribution >= 0.6 is 0 Å². The maximum absolute atomic E-state index is 4.34. The van der Waals surface area contributed by atoms with E-state index in [2.05, 4.69) is 28.2 Å². The van der Waals surface area contributed by atoms with Crippen molar-refractivity contribution in [1.82, 2.24) is 9.88 Å². The van der Waals surface area contributed by atoms with Gasteiger partial charge in [-0.15, -0.1) is 0 Å². The minimum absolute atomic E-state index is 0.897. The average Bonchev–Trinajstić information content (AvgIpc) is 2.33. The molecule has 1 N–H and O–H groups in total. The van der Waals surface area contributed by atoms with Crippen molar-refractivity contribution in [3.05, 3.63) is 23.9 Å². The van der Waals surface area contributed by atoms with Crippen molar-refractivity contribution in [2.75, 3.05) is 25.5 Å². The van der Waals surface area contributed by atoms with Gasteiger partial charge in [0, 0.05) is 25.4 Å². The van der Waals surface area contributed by atoms with Gasteiger partial charge >= 0.3 is 0 Å². The summed E-state index contributed by atoms with van der Waals surface area (Å²) in [6.07, 6.45) is 4.50. The summed E-state index contributed by atoms with van der Waals surface area (Å²) in [7, 11) is 1.93. The fourth-order valence-corrected chi connectivity index (χ4v) is 2.25. The normalized spacial score (nSPS) is 18.6. The highest BCUT2D eigenvalue weighted by molar-refractivity contribution is 5.42. The summed E-state index contributed by atoms with van der Waals surface area (Å²) in [5, 5.41) is 3.16. The van der Waals surface area contributed by atoms with E-state index >= 15 is 0 Å². The van der Waals surface area contributed by atoms with Crippen molar-refractivity contribution >= 4 is 5.82 Å². The molecule has 0 unspecified atom stereocenters. The van der Waals surface area contributed by atoms with Gasteiger partial charge < -0.3 is 5.32 Å². The average molecular weight is 219 g/mol. The van der Waals surface area contributed by atoms with Crippen LogP contribution in [0.15, 0.2) is 18.3 Å². The zero-order valence-corrected chi connectivity index (χ0v) is 10.2. The summed E-state index contributed by atoms with van der Waals surface area (Å²) in [6.45, 7) is 5.82. The Kier molecular flexibility index (Phi) is 3.78. The Bertz CT molecular complexity index is 330. The molecule has 0 saturated carbocycles. The molecule has 1 saturated heterocycles. The van der Waals surface area contributed by atoms with Gasteiger partial charge in [-0.25, -0.2) is 4.98 Å². The molecule has 2 rings (SSSR count). The molecule has 0 bridgehead atoms. The number of hydrogen-bond donors (Lipinski definition) is 1. The largest absolute Gasteiger partial charge is 0.373 e. The number of pyridine rings is 1. The van der Waals surface area contributed by atoms with Crippen LogP contribution in [0.5, 0.6) is 0 Å². The first kappa shape index (κ1) is 11.4. The second-order valence-corrected chi connectivity index (χ2v) is 4.72. The number of nitrogens with one attached hydrogen (secondary N) is 1. The van der Waals surface area contributed by atoms with E-state index in [0.29, 0.717) is 0 Å². The quantitative estimate of drug-likeness (QED) is 0.846. The highest BCUT2D eigenvalue weighted by atomic mass is 15.1. The van der Waals surface area contributed by atoms with E-state index in [0.717, 1.165) is 18.3 Å². The molecule has 1 aliphatic heterocycles. The number of piperidine rings is 1. The SMILES string of the molecule is CNc1ncccc1CN1CCC(C)CC1. The number of hydrogen-bond acceptors (Lipinski definition) is 3. The lowest BCUT2D eigenvalue weighted by molar-refractivity contribution is 0.185. The van der Waals surface area contributed by atoms with Crippen LogP contribution in [0.1, 0.15) is 25.3 Å². The van der Waals surface area contributed by atoms with Crippen LogP contribution in [0.4, 0.5) is 5.82 Å². The Balaban J connectivity index is 1.98. The molecule has 0 amide bonds. The van der Waals surface area contributed by atoms with Crippen molar-refractivity contribution in [1.29, 1.82) is 0 Å². The van der Waals surface area contributed by atoms with Gasteiger partial charge in [0.25, 0.3) is 0 Å². The smallest absolute Gasteiger partial charge is 0.130 e. The van der Waals surface area contributed by atoms with Crippen LogP contribution in [-0.2, 0) is 6.54 Å². The standard InChI is InChI=1S/C13H21N3/c1-11-5-8-16(9-6-11)10-12-4-3-7-15-13(12)14-2/h3-4,7,11H,5-6,8-10H2,1-2H3,(H,14,15). The maximum Gasteiger partial charge on any atom is 0.130 e. The first-order valence-corrected chi connectivity index (χ1v) is 6.13. The molecule has 1 aromatic rings. The fourth-order valence-electron chi connectivity index (χ4n) is 2.25. The molecule has 16 heavy (non-hydrogen) atoms. The Morgan fingerprint density at radius 1 is 1.44 bits per heavy atom. The molecule has 0 spiro atoms. The Labute approximate surface area is 97.9 Å². The second-order valence-electron chi connectivity index (χ2n) is 4.72. The molecule has 3 nitrogen and oxygen atoms in total. The molecule has 88 valence electrons. The molecular formula is C13H21N3. The lowest BCUT2D eigenvalue weighted by Gasteiger charge is -2.30. The van der Waals surface area contributed by atoms with Gasteiger partial charge in [0.2, 0.25) is 0 Å². The predicted molar refractivity (Wildman–Crippen MR) is 67.5 cm³/mol. The van der Waals surface area contributed by atoms with Crippen molar-refractivity contribution in [2.45, 2.75) is 26.3 Å². The van der Waals surface area contributed by atoms with Gasteiger partial charge in [0.1, 0.15) is 5.82 Å². The van der Waals surface area contributed by atoms with Gasteiger partial charge in [0.15, 0.2) is 0 Å². The van der Waals surface area contributed by atoms with Crippen LogP contribution in [0, 0.1) is 5.92 Å². The van der Waals surface area contributed by atoms with E-state index in [1.54, 1.807) is 0 Å². The first-order chi connectivity index (χ1) is 7.79. The van der Waals surface area contributed by atoms with E-state index in [9.17, 15) is 0 Å². The first-order valence-electron chi connectivity index (χ1n) is 6.13. The highest BCUT2D eigenvalue weighted by Gasteiger charge is 2.16. The van der Waals surface area contributed by atoms with Crippen LogP contribution in [0.25, 0.3) is 0 Å². The minimum Gasteiger partial charge on any atom is -0.373 e. The topological polar surface area (TPSA) is 28.2 Å². The third-order valence-electron chi connectivity index (χ3n) is 3.40. The summed E-state index contributed by atoms with van der Waals surface area (Å²) in [5.41, 5.74) is 1.31. The summed E-state index contributed by atoms with van der Waals surface area (Å²) in [4.78, 5) is 6.87. The van der Waals surface area contributed by atoms with Crippen molar-refractivity contribution in [3.8, 4) is 0 Å². The molecule has 0 aromatic carbocycles. The minimum atomic E-state index is 0.897. The van der Waals surface area contributed by atoms with Gasteiger partial charge in [-0.1, -0.05) is 13.0 Å². The lowest BCUT2D eigenvalue weighted by Crippen LogP contribution is -2.32. The molecular weight excluding hydrogens is 198 g/mol. The summed E-state index contributed by atoms with van der Waals surface area (Å²) in [6, 6.07) is 4.18. The summed E-state index contributed by atoms with van der Waals surface area (Å²) >= 11 is 0. The van der Waals surface area contributed by atoms with Crippen LogP contribution < -0.4 is 5.32 Å². The third kappa shape index (κ3) is 2.73. The predicted octanol–water partition coefficient (Wildman–Crippen LogP) is 2.36. The molecule has 1 aliphatic rings. The van der Waals surface area contributed by atoms with Gasteiger partial charge in [-0.3, -0.25) is 4.90 Å². The van der Waals surface area contributed by atoms with E-state index in [-0.39, 0.29) is 0 Å². The maximum atomic E-state index is 4.34. The monoisotopic (exact) mass is 219 g/mol. The van der Waals surface area contributed by atoms with Crippen LogP contribution in [0.2, 0.25) is 0 Å². The molecule has 3 heteroatoms. The zero-order chi connectivity index (χ0) is 11.4. The number of likely N-dealkylation sites (tertiary alicyclic amines) is 1. The lowest BCUT2D eigenvalue weighted by atomic mass is 9.99. The van der Waals surface area contributed by atoms with E-state index in [4.69, 9.17) is 0 Å². The van der Waals surface area contributed by atoms with Crippen LogP contribution in [-0.4, -0.2) is 30.0 Å². The Morgan fingerprint density at radius 2 is 2.19 bits per heavy atom. The molecule has 1 aromatic heterocycles. The van der Waals surface area contributed by atoms with Crippen molar-refractivity contribution < 1.29 is 0 Å². The molecule has 2 heterocycles. The van der Waals surface area contributed by atoms with E-state index in [1.807, 2.05) is 19.3 Å². The summed E-state index contributed by atoms with van der Waals surface area (Å²) < 4.78 is 0. The van der Waals surface area contributed by atoms with Gasteiger partial charge in [-0.2, -0.15) is 0 Å². The summed E-state index contributed by atoms with van der Waals surface area (Å²) in [5.74, 6) is 1.91. The van der Waals surface area contributed by atoms with Gasteiger partial charge in [0.05, 0.1) is 0 Å². The number of anilines is 1. The highest BCUT2D eigenvalue weighted by Crippen LogP contribution is 2.20. The number of aromatic nitrogens is 1. The molecule has 1 fully saturated rings. The molecule has 0 aliphatic carbocycles. The van der Waals surface area contributed by atoms with Gasteiger partial charge in [-0.05, 0) is 37.9 Å². The van der Waals surface area contributed by atoms with Crippen LogP contribution in [0.3, 0.4) is 0 Å². The number of rotatable bonds is 3. The zero-order valence-electron chi connectivity index (χ0n) is 10.2. The molecule has 0 atom stereocenters. The fraction of sp³-hybridized carbons (Fsp3) is 0.615. The Morgan fingerprint density at radius 3 is 2.88 bits per heavy atom. The second kappa shape index (κ2) is 5.30. The Hall–Kier alpha value is -1.09. The number of nitrogens with zero attached hydrogens (tertiary/aromatic N) is 2. The van der Waals surface area contributed by atoms with Crippen molar-refractivity contribution in [2.24, 2.45) is 5.92 Å². The van der Waals surface area contributed by atoms with Crippen molar-refractivity contribution in [3.63, 3.8) is 0 Å². The van der Waals surface area contributed by atoms with E-state index in [1.165, 1.54) is 31.5 Å². The van der Waals surface area contributed by atoms with E-state index < -0.39 is 0 Å².